The highest BCUT2D eigenvalue weighted by molar-refractivity contribution is 7.87. The van der Waals surface area contributed by atoms with Gasteiger partial charge in [0.05, 0.1) is 11.1 Å². The van der Waals surface area contributed by atoms with Gasteiger partial charge in [-0.2, -0.15) is 8.42 Å². The van der Waals surface area contributed by atoms with E-state index < -0.39 is 22.1 Å². The monoisotopic (exact) mass is 304 g/mol. The molecule has 6 nitrogen and oxygen atoms in total. The fourth-order valence-electron chi connectivity index (χ4n) is 2.18. The van der Waals surface area contributed by atoms with Crippen LogP contribution in [0.4, 0.5) is 0 Å². The highest BCUT2D eigenvalue weighted by Crippen LogP contribution is 2.32. The number of fused-ring (bicyclic) bond motifs is 4. The number of carboxylic acids is 1. The summed E-state index contributed by atoms with van der Waals surface area (Å²) in [6.07, 6.45) is 0. The molecule has 4 rings (SSSR count). The predicted molar refractivity (Wildman–Crippen MR) is 71.4 cm³/mol. The maximum absolute atomic E-state index is 12.1. The number of carbonyl (C=O) groups excluding carboxylic acids is 1. The summed E-state index contributed by atoms with van der Waals surface area (Å²) >= 11 is 0. The molecule has 0 aromatic heterocycles. The zero-order valence-electron chi connectivity index (χ0n) is 10.4. The second-order valence-electron chi connectivity index (χ2n) is 4.39. The molecule has 0 unspecified atom stereocenters. The van der Waals surface area contributed by atoms with Crippen LogP contribution in [-0.2, 0) is 14.3 Å². The van der Waals surface area contributed by atoms with Gasteiger partial charge in [0.2, 0.25) is 0 Å². The lowest BCUT2D eigenvalue weighted by Gasteiger charge is -2.07. The minimum Gasteiger partial charge on any atom is -0.478 e. The van der Waals surface area contributed by atoms with Gasteiger partial charge in [-0.3, -0.25) is 0 Å². The summed E-state index contributed by atoms with van der Waals surface area (Å²) in [6, 6.07) is 9.93. The molecule has 0 amide bonds. The molecule has 2 bridgehead atoms. The first-order valence-electron chi connectivity index (χ1n) is 5.86. The smallest absolute Gasteiger partial charge is 0.354 e. The summed E-state index contributed by atoms with van der Waals surface area (Å²) in [6.45, 7) is 0. The Labute approximate surface area is 119 Å². The standard InChI is InChI=1S/C14H8O6S/c15-13(16)11-7-8-5-6-10(11)14(17)20-21(18,19)12-4-2-1-3-9(8)12/h1-7H,(H,15,16). The Morgan fingerprint density at radius 2 is 1.76 bits per heavy atom. The van der Waals surface area contributed by atoms with Crippen molar-refractivity contribution in [2.45, 2.75) is 4.90 Å². The predicted octanol–water partition coefficient (Wildman–Crippen LogP) is 1.91. The maximum atomic E-state index is 12.1. The second kappa shape index (κ2) is 4.42. The van der Waals surface area contributed by atoms with Crippen molar-refractivity contribution >= 4 is 22.1 Å². The highest BCUT2D eigenvalue weighted by Gasteiger charge is 2.30. The van der Waals surface area contributed by atoms with Gasteiger partial charge in [-0.05, 0) is 23.8 Å². The number of hydrogen-bond donors (Lipinski definition) is 1. The zero-order valence-corrected chi connectivity index (χ0v) is 11.3. The Morgan fingerprint density at radius 1 is 1.05 bits per heavy atom. The molecule has 1 N–H and O–H groups in total. The molecule has 2 aromatic rings. The van der Waals surface area contributed by atoms with Crippen molar-refractivity contribution in [1.29, 1.82) is 0 Å². The van der Waals surface area contributed by atoms with Gasteiger partial charge in [-0.1, -0.05) is 24.3 Å². The first-order valence-corrected chi connectivity index (χ1v) is 7.26. The molecule has 0 fully saturated rings. The molecular formula is C14H8O6S. The molecule has 2 aliphatic rings. The largest absolute Gasteiger partial charge is 0.478 e. The van der Waals surface area contributed by atoms with Crippen LogP contribution in [0.15, 0.2) is 47.4 Å². The topological polar surface area (TPSA) is 97.7 Å². The number of hydrogen-bond acceptors (Lipinski definition) is 5. The molecule has 21 heavy (non-hydrogen) atoms. The fourth-order valence-corrected chi connectivity index (χ4v) is 3.26. The third-order valence-corrected chi connectivity index (χ3v) is 4.39. The van der Waals surface area contributed by atoms with Crippen LogP contribution in [0.3, 0.4) is 0 Å². The summed E-state index contributed by atoms with van der Waals surface area (Å²) < 4.78 is 28.8. The summed E-state index contributed by atoms with van der Waals surface area (Å²) in [4.78, 5) is 23.0. The van der Waals surface area contributed by atoms with Crippen LogP contribution in [0.1, 0.15) is 20.7 Å². The van der Waals surface area contributed by atoms with E-state index in [9.17, 15) is 23.1 Å². The average Bonchev–Trinajstić information content (AvgIpc) is 2.51. The summed E-state index contributed by atoms with van der Waals surface area (Å²) in [7, 11) is -4.31. The Balaban J connectivity index is 2.43. The summed E-state index contributed by atoms with van der Waals surface area (Å²) in [5.74, 6) is -2.55. The van der Waals surface area contributed by atoms with Crippen LogP contribution < -0.4 is 0 Å². The third kappa shape index (κ3) is 2.07. The van der Waals surface area contributed by atoms with E-state index in [1.807, 2.05) is 0 Å². The second-order valence-corrected chi connectivity index (χ2v) is 5.90. The SMILES string of the molecule is O=C(O)c1cc2ccc1C(=O)OS(=O)(=O)c1ccccc1-2. The Bertz CT molecular complexity index is 882. The summed E-state index contributed by atoms with van der Waals surface area (Å²) in [5, 5.41) is 9.17. The van der Waals surface area contributed by atoms with Crippen molar-refractivity contribution in [3.05, 3.63) is 53.6 Å². The number of aromatic carboxylic acids is 1. The molecule has 106 valence electrons. The quantitative estimate of drug-likeness (QED) is 0.808. The van der Waals surface area contributed by atoms with Crippen LogP contribution in [0.25, 0.3) is 11.1 Å². The Morgan fingerprint density at radius 3 is 2.48 bits per heavy atom. The molecule has 2 aromatic carbocycles. The zero-order chi connectivity index (χ0) is 15.2. The van der Waals surface area contributed by atoms with Crippen LogP contribution in [0.5, 0.6) is 0 Å². The molecule has 7 heteroatoms. The van der Waals surface area contributed by atoms with Crippen LogP contribution >= 0.6 is 0 Å². The molecule has 2 heterocycles. The van der Waals surface area contributed by atoms with Gasteiger partial charge in [0.15, 0.2) is 0 Å². The normalized spacial score (nSPS) is 15.3. The number of rotatable bonds is 1. The van der Waals surface area contributed by atoms with Gasteiger partial charge >= 0.3 is 22.1 Å². The van der Waals surface area contributed by atoms with Gasteiger partial charge in [-0.25, -0.2) is 9.59 Å². The Hall–Kier alpha value is -2.67. The van der Waals surface area contributed by atoms with Gasteiger partial charge in [-0.15, -0.1) is 0 Å². The lowest BCUT2D eigenvalue weighted by Crippen LogP contribution is -2.15. The number of benzene rings is 2. The van der Waals surface area contributed by atoms with Crippen molar-refractivity contribution in [2.24, 2.45) is 0 Å². The first-order chi connectivity index (χ1) is 9.90. The molecule has 2 aliphatic heterocycles. The first kappa shape index (κ1) is 13.3. The van der Waals surface area contributed by atoms with Crippen LogP contribution in [-0.4, -0.2) is 25.5 Å². The van der Waals surface area contributed by atoms with Gasteiger partial charge in [0.1, 0.15) is 4.90 Å². The molecule has 0 spiro atoms. The van der Waals surface area contributed by atoms with Gasteiger partial charge < -0.3 is 9.29 Å². The van der Waals surface area contributed by atoms with Crippen LogP contribution in [0, 0.1) is 0 Å². The molecular weight excluding hydrogens is 296 g/mol. The van der Waals surface area contributed by atoms with E-state index in [2.05, 4.69) is 4.18 Å². The van der Waals surface area contributed by atoms with Crippen molar-refractivity contribution in [3.63, 3.8) is 0 Å². The lowest BCUT2D eigenvalue weighted by molar-refractivity contribution is 0.0671. The average molecular weight is 304 g/mol. The van der Waals surface area contributed by atoms with E-state index >= 15 is 0 Å². The van der Waals surface area contributed by atoms with Gasteiger partial charge in [0.25, 0.3) is 0 Å². The summed E-state index contributed by atoms with van der Waals surface area (Å²) in [5.41, 5.74) is 0.0573. The lowest BCUT2D eigenvalue weighted by atomic mass is 9.99. The highest BCUT2D eigenvalue weighted by atomic mass is 32.2. The van der Waals surface area contributed by atoms with E-state index in [0.29, 0.717) is 5.56 Å². The maximum Gasteiger partial charge on any atom is 0.354 e. The molecule has 0 radical (unpaired) electrons. The van der Waals surface area contributed by atoms with E-state index in [1.165, 1.54) is 36.4 Å². The number of carbonyl (C=O) groups is 2. The minimum absolute atomic E-state index is 0.179. The van der Waals surface area contributed by atoms with E-state index in [1.54, 1.807) is 6.07 Å². The molecule has 0 saturated heterocycles. The fraction of sp³-hybridized carbons (Fsp3) is 0. The molecule has 0 aliphatic carbocycles. The van der Waals surface area contributed by atoms with E-state index in [4.69, 9.17) is 0 Å². The van der Waals surface area contributed by atoms with E-state index in [-0.39, 0.29) is 21.6 Å². The molecule has 0 atom stereocenters. The van der Waals surface area contributed by atoms with Crippen molar-refractivity contribution in [2.75, 3.05) is 0 Å². The minimum atomic E-state index is -4.31. The van der Waals surface area contributed by atoms with Gasteiger partial charge in [0, 0.05) is 5.56 Å². The molecule has 0 saturated carbocycles. The van der Waals surface area contributed by atoms with Crippen molar-refractivity contribution < 1.29 is 27.3 Å². The van der Waals surface area contributed by atoms with E-state index in [0.717, 1.165) is 0 Å². The Kier molecular flexibility index (Phi) is 2.80. The van der Waals surface area contributed by atoms with Crippen molar-refractivity contribution in [3.8, 4) is 11.1 Å². The third-order valence-electron chi connectivity index (χ3n) is 3.12. The van der Waals surface area contributed by atoms with Crippen molar-refractivity contribution in [1.82, 2.24) is 0 Å². The number of carboxylic acid groups (broad SMARTS) is 1. The van der Waals surface area contributed by atoms with Crippen LogP contribution in [0.2, 0.25) is 0 Å².